The Morgan fingerprint density at radius 2 is 2.14 bits per heavy atom. The van der Waals surface area contributed by atoms with Crippen molar-refractivity contribution < 1.29 is 22.3 Å². The summed E-state index contributed by atoms with van der Waals surface area (Å²) >= 11 is 0. The third kappa shape index (κ3) is 3.24. The fourth-order valence-corrected chi connectivity index (χ4v) is 4.35. The Balaban J connectivity index is 2.31. The smallest absolute Gasteiger partial charge is 0.243 e. The van der Waals surface area contributed by atoms with Crippen LogP contribution in [0.5, 0.6) is 5.75 Å². The predicted octanol–water partition coefficient (Wildman–Crippen LogP) is 0.961. The van der Waals surface area contributed by atoms with Crippen LogP contribution in [0.15, 0.2) is 23.1 Å². The lowest BCUT2D eigenvalue weighted by atomic mass is 10.0. The summed E-state index contributed by atoms with van der Waals surface area (Å²) < 4.78 is 50.7. The molecule has 1 fully saturated rings. The Labute approximate surface area is 130 Å². The van der Waals surface area contributed by atoms with Crippen LogP contribution in [0.4, 0.5) is 4.39 Å². The van der Waals surface area contributed by atoms with Gasteiger partial charge in [-0.3, -0.25) is 0 Å². The SMILES string of the molecule is COc1ccc(S(=O)(=O)N2CCC(OC)CC2CN)cc1F. The molecule has 8 heteroatoms. The lowest BCUT2D eigenvalue weighted by molar-refractivity contribution is 0.0401. The molecule has 1 aliphatic rings. The molecule has 2 unspecified atom stereocenters. The van der Waals surface area contributed by atoms with E-state index in [0.717, 1.165) is 6.07 Å². The number of benzene rings is 1. The van der Waals surface area contributed by atoms with Gasteiger partial charge in [0.05, 0.1) is 18.1 Å². The van der Waals surface area contributed by atoms with Crippen LogP contribution in [0, 0.1) is 5.82 Å². The molecule has 1 saturated heterocycles. The molecule has 0 spiro atoms. The third-order valence-electron chi connectivity index (χ3n) is 3.95. The highest BCUT2D eigenvalue weighted by Crippen LogP contribution is 2.28. The molecule has 0 aromatic heterocycles. The van der Waals surface area contributed by atoms with Crippen LogP contribution in [0.1, 0.15) is 12.8 Å². The van der Waals surface area contributed by atoms with Gasteiger partial charge in [0, 0.05) is 26.2 Å². The van der Waals surface area contributed by atoms with Gasteiger partial charge in [0.15, 0.2) is 11.6 Å². The predicted molar refractivity (Wildman–Crippen MR) is 79.7 cm³/mol. The molecule has 6 nitrogen and oxygen atoms in total. The standard InChI is InChI=1S/C14H21FN2O4S/c1-20-11-5-6-17(10(7-11)9-16)22(18,19)12-3-4-14(21-2)13(15)8-12/h3-4,8,10-11H,5-7,9,16H2,1-2H3. The largest absolute Gasteiger partial charge is 0.494 e. The van der Waals surface area contributed by atoms with Crippen molar-refractivity contribution >= 4 is 10.0 Å². The van der Waals surface area contributed by atoms with Gasteiger partial charge in [0.2, 0.25) is 10.0 Å². The summed E-state index contributed by atoms with van der Waals surface area (Å²) in [6.45, 7) is 0.494. The first kappa shape index (κ1) is 17.1. The van der Waals surface area contributed by atoms with Crippen molar-refractivity contribution in [3.63, 3.8) is 0 Å². The van der Waals surface area contributed by atoms with Crippen LogP contribution in [0.2, 0.25) is 0 Å². The number of nitrogens with zero attached hydrogens (tertiary/aromatic N) is 1. The van der Waals surface area contributed by atoms with Crippen LogP contribution >= 0.6 is 0 Å². The number of methoxy groups -OCH3 is 2. The van der Waals surface area contributed by atoms with E-state index in [9.17, 15) is 12.8 Å². The van der Waals surface area contributed by atoms with E-state index in [0.29, 0.717) is 19.4 Å². The van der Waals surface area contributed by atoms with Crippen molar-refractivity contribution in [2.75, 3.05) is 27.3 Å². The molecule has 2 rings (SSSR count). The Morgan fingerprint density at radius 1 is 1.41 bits per heavy atom. The Bertz CT molecular complexity index is 623. The zero-order valence-corrected chi connectivity index (χ0v) is 13.5. The van der Waals surface area contributed by atoms with Gasteiger partial charge < -0.3 is 15.2 Å². The average molecular weight is 332 g/mol. The van der Waals surface area contributed by atoms with E-state index in [1.54, 1.807) is 7.11 Å². The fourth-order valence-electron chi connectivity index (χ4n) is 2.68. The Morgan fingerprint density at radius 3 is 2.68 bits per heavy atom. The van der Waals surface area contributed by atoms with Crippen molar-refractivity contribution in [3.05, 3.63) is 24.0 Å². The first-order valence-electron chi connectivity index (χ1n) is 7.02. The number of rotatable bonds is 5. The molecule has 2 N–H and O–H groups in total. The van der Waals surface area contributed by atoms with Crippen molar-refractivity contribution in [2.24, 2.45) is 5.73 Å². The Kier molecular flexibility index (Phi) is 5.38. The van der Waals surface area contributed by atoms with Gasteiger partial charge in [-0.2, -0.15) is 4.31 Å². The molecule has 2 atom stereocenters. The summed E-state index contributed by atoms with van der Waals surface area (Å²) in [5.74, 6) is -0.702. The van der Waals surface area contributed by atoms with E-state index in [-0.39, 0.29) is 29.3 Å². The summed E-state index contributed by atoms with van der Waals surface area (Å²) in [5.41, 5.74) is 5.71. The first-order chi connectivity index (χ1) is 10.4. The molecule has 0 bridgehead atoms. The van der Waals surface area contributed by atoms with Crippen LogP contribution in [0.3, 0.4) is 0 Å². The molecule has 0 radical (unpaired) electrons. The lowest BCUT2D eigenvalue weighted by Crippen LogP contribution is -2.51. The fraction of sp³-hybridized carbons (Fsp3) is 0.571. The second-order valence-corrected chi connectivity index (χ2v) is 7.07. The molecule has 1 aliphatic heterocycles. The maximum atomic E-state index is 13.8. The van der Waals surface area contributed by atoms with E-state index in [1.807, 2.05) is 0 Å². The van der Waals surface area contributed by atoms with Gasteiger partial charge in [-0.25, -0.2) is 12.8 Å². The summed E-state index contributed by atoms with van der Waals surface area (Å²) in [5, 5.41) is 0. The highest BCUT2D eigenvalue weighted by Gasteiger charge is 2.36. The quantitative estimate of drug-likeness (QED) is 0.868. The van der Waals surface area contributed by atoms with E-state index >= 15 is 0 Å². The van der Waals surface area contributed by atoms with Gasteiger partial charge in [-0.1, -0.05) is 0 Å². The number of hydrogen-bond acceptors (Lipinski definition) is 5. The topological polar surface area (TPSA) is 81.9 Å². The number of hydrogen-bond donors (Lipinski definition) is 1. The number of nitrogens with two attached hydrogens (primary N) is 1. The summed E-state index contributed by atoms with van der Waals surface area (Å²) in [6, 6.07) is 3.27. The molecule has 0 saturated carbocycles. The van der Waals surface area contributed by atoms with Crippen LogP contribution < -0.4 is 10.5 Å². The minimum absolute atomic E-state index is 0.00685. The maximum Gasteiger partial charge on any atom is 0.243 e. The van der Waals surface area contributed by atoms with Gasteiger partial charge in [0.25, 0.3) is 0 Å². The van der Waals surface area contributed by atoms with E-state index < -0.39 is 15.8 Å². The summed E-state index contributed by atoms with van der Waals surface area (Å²) in [4.78, 5) is -0.0971. The second-order valence-electron chi connectivity index (χ2n) is 5.18. The van der Waals surface area contributed by atoms with Crippen molar-refractivity contribution in [2.45, 2.75) is 29.9 Å². The first-order valence-corrected chi connectivity index (χ1v) is 8.46. The molecule has 1 aromatic rings. The molecular formula is C14H21FN2O4S. The van der Waals surface area contributed by atoms with Crippen LogP contribution in [-0.2, 0) is 14.8 Å². The molecule has 124 valence electrons. The van der Waals surface area contributed by atoms with Gasteiger partial charge in [-0.15, -0.1) is 0 Å². The highest BCUT2D eigenvalue weighted by atomic mass is 32.2. The number of halogens is 1. The van der Waals surface area contributed by atoms with Crippen LogP contribution in [0.25, 0.3) is 0 Å². The normalized spacial score (nSPS) is 23.5. The lowest BCUT2D eigenvalue weighted by Gasteiger charge is -2.37. The zero-order valence-electron chi connectivity index (χ0n) is 12.7. The number of piperidine rings is 1. The third-order valence-corrected chi connectivity index (χ3v) is 5.90. The molecule has 1 aromatic carbocycles. The van der Waals surface area contributed by atoms with E-state index in [2.05, 4.69) is 0 Å². The van der Waals surface area contributed by atoms with Gasteiger partial charge in [-0.05, 0) is 31.0 Å². The second kappa shape index (κ2) is 6.91. The van der Waals surface area contributed by atoms with Gasteiger partial charge >= 0.3 is 0 Å². The summed E-state index contributed by atoms with van der Waals surface area (Å²) in [6.07, 6.45) is 1.11. The van der Waals surface area contributed by atoms with Crippen molar-refractivity contribution in [1.82, 2.24) is 4.31 Å². The maximum absolute atomic E-state index is 13.8. The highest BCUT2D eigenvalue weighted by molar-refractivity contribution is 7.89. The molecule has 22 heavy (non-hydrogen) atoms. The number of ether oxygens (including phenoxy) is 2. The molecule has 1 heterocycles. The van der Waals surface area contributed by atoms with E-state index in [1.165, 1.54) is 23.5 Å². The minimum Gasteiger partial charge on any atom is -0.494 e. The monoisotopic (exact) mass is 332 g/mol. The Hall–Kier alpha value is -1.22. The molecule has 0 amide bonds. The van der Waals surface area contributed by atoms with E-state index in [4.69, 9.17) is 15.2 Å². The van der Waals surface area contributed by atoms with Gasteiger partial charge in [0.1, 0.15) is 0 Å². The zero-order chi connectivity index (χ0) is 16.3. The number of sulfonamides is 1. The van der Waals surface area contributed by atoms with Crippen molar-refractivity contribution in [1.29, 1.82) is 0 Å². The summed E-state index contributed by atoms with van der Waals surface area (Å²) in [7, 11) is -0.876. The van der Waals surface area contributed by atoms with Crippen LogP contribution in [-0.4, -0.2) is 52.2 Å². The minimum atomic E-state index is -3.80. The average Bonchev–Trinajstić information content (AvgIpc) is 2.53. The molecular weight excluding hydrogens is 311 g/mol. The van der Waals surface area contributed by atoms with Crippen molar-refractivity contribution in [3.8, 4) is 5.75 Å². The molecule has 0 aliphatic carbocycles.